The number of nitrogens with zero attached hydrogens (tertiary/aromatic N) is 4. The number of aliphatic hydroxyl groups is 1. The molecule has 58 heavy (non-hydrogen) atoms. The largest absolute Gasteiger partial charge is 0.509 e. The topological polar surface area (TPSA) is 182 Å². The van der Waals surface area contributed by atoms with Gasteiger partial charge in [-0.3, -0.25) is 24.2 Å². The van der Waals surface area contributed by atoms with Gasteiger partial charge in [0.25, 0.3) is 11.8 Å². The molecule has 13 nitrogen and oxygen atoms in total. The molecular formula is C37H35F8N5O8. The van der Waals surface area contributed by atoms with E-state index in [4.69, 9.17) is 14.9 Å². The standard InChI is InChI=1S/C37H35F8N5O8/c1-49-35(10-2-3-11-35)32(55)29(33(56)48-23-8-7-21(36(40,41)42)15-22(23)24-16-26(37(43,44)45)47-18-46-24)34(57)50(49)17-20-6-9-25(31(39)30(20)38)58-12-4-5-19(13-27(51)52)14-28(53)54/h6-9,15-16,18-19,55H,2-5,10-14,17H2,1H3,(H,48,56)(H,51,52)(H,53,54). The highest BCUT2D eigenvalue weighted by atomic mass is 19.4. The minimum absolute atomic E-state index is 0.0992. The van der Waals surface area contributed by atoms with E-state index >= 15 is 8.78 Å². The van der Waals surface area contributed by atoms with Crippen LogP contribution in [0.4, 0.5) is 40.8 Å². The van der Waals surface area contributed by atoms with Crippen molar-refractivity contribution in [3.8, 4) is 17.0 Å². The monoisotopic (exact) mass is 829 g/mol. The fourth-order valence-electron chi connectivity index (χ4n) is 7.06. The zero-order chi connectivity index (χ0) is 42.7. The molecule has 0 saturated heterocycles. The number of amides is 2. The van der Waals surface area contributed by atoms with Gasteiger partial charge in [-0.2, -0.15) is 30.7 Å². The molecule has 312 valence electrons. The average molecular weight is 830 g/mol. The van der Waals surface area contributed by atoms with Crippen LogP contribution in [0.5, 0.6) is 5.75 Å². The predicted octanol–water partition coefficient (Wildman–Crippen LogP) is 7.14. The number of aliphatic carboxylic acids is 2. The molecule has 1 aliphatic carbocycles. The lowest BCUT2D eigenvalue weighted by Gasteiger charge is -2.48. The maximum atomic E-state index is 15.6. The van der Waals surface area contributed by atoms with Crippen LogP contribution in [0.2, 0.25) is 0 Å². The number of hydrogen-bond donors (Lipinski definition) is 4. The van der Waals surface area contributed by atoms with E-state index in [2.05, 4.69) is 15.3 Å². The Morgan fingerprint density at radius 2 is 1.59 bits per heavy atom. The Balaban J connectivity index is 1.42. The smallest absolute Gasteiger partial charge is 0.433 e. The van der Waals surface area contributed by atoms with E-state index in [1.165, 1.54) is 12.1 Å². The molecule has 2 amide bonds. The van der Waals surface area contributed by atoms with Gasteiger partial charge in [0.15, 0.2) is 11.6 Å². The van der Waals surface area contributed by atoms with E-state index in [1.807, 2.05) is 0 Å². The maximum absolute atomic E-state index is 15.6. The number of rotatable bonds is 14. The van der Waals surface area contributed by atoms with Crippen molar-refractivity contribution in [3.05, 3.63) is 82.5 Å². The van der Waals surface area contributed by atoms with Crippen molar-refractivity contribution in [1.29, 1.82) is 0 Å². The molecule has 0 unspecified atom stereocenters. The zero-order valence-electron chi connectivity index (χ0n) is 30.4. The maximum Gasteiger partial charge on any atom is 0.433 e. The van der Waals surface area contributed by atoms with Crippen LogP contribution in [0.1, 0.15) is 68.2 Å². The number of hydrazine groups is 1. The van der Waals surface area contributed by atoms with Crippen LogP contribution < -0.4 is 10.1 Å². The molecule has 0 radical (unpaired) electrons. The summed E-state index contributed by atoms with van der Waals surface area (Å²) in [4.78, 5) is 56.8. The molecule has 4 N–H and O–H groups in total. The molecule has 3 aromatic rings. The first-order valence-corrected chi connectivity index (χ1v) is 17.6. The van der Waals surface area contributed by atoms with Crippen molar-refractivity contribution in [2.45, 2.75) is 75.8 Å². The summed E-state index contributed by atoms with van der Waals surface area (Å²) in [7, 11) is 1.38. The number of benzene rings is 2. The van der Waals surface area contributed by atoms with Gasteiger partial charge < -0.3 is 25.4 Å². The van der Waals surface area contributed by atoms with Crippen molar-refractivity contribution >= 4 is 29.4 Å². The van der Waals surface area contributed by atoms with Crippen LogP contribution in [0, 0.1) is 17.6 Å². The van der Waals surface area contributed by atoms with Crippen LogP contribution in [-0.2, 0) is 38.1 Å². The van der Waals surface area contributed by atoms with Gasteiger partial charge in [-0.15, -0.1) is 0 Å². The van der Waals surface area contributed by atoms with Crippen LogP contribution >= 0.6 is 0 Å². The Bertz CT molecular complexity index is 2110. The quantitative estimate of drug-likeness (QED) is 0.0737. The lowest BCUT2D eigenvalue weighted by Crippen LogP contribution is -2.62. The van der Waals surface area contributed by atoms with Gasteiger partial charge in [-0.1, -0.05) is 18.9 Å². The number of ether oxygens (including phenoxy) is 1. The van der Waals surface area contributed by atoms with Gasteiger partial charge in [-0.05, 0) is 61.9 Å². The Morgan fingerprint density at radius 1 is 0.931 bits per heavy atom. The third-order valence-electron chi connectivity index (χ3n) is 9.98. The molecule has 0 atom stereocenters. The Hall–Kier alpha value is -5.86. The molecule has 1 spiro atoms. The van der Waals surface area contributed by atoms with Gasteiger partial charge in [0.1, 0.15) is 23.4 Å². The fraction of sp³-hybridized carbons (Fsp3) is 0.405. The minimum atomic E-state index is -5.02. The number of aliphatic hydroxyl groups excluding tert-OH is 1. The summed E-state index contributed by atoms with van der Waals surface area (Å²) < 4.78 is 118. The number of carboxylic acid groups (broad SMARTS) is 2. The lowest BCUT2D eigenvalue weighted by atomic mass is 9.88. The van der Waals surface area contributed by atoms with E-state index < -0.39 is 129 Å². The van der Waals surface area contributed by atoms with Crippen molar-refractivity contribution in [3.63, 3.8) is 0 Å². The highest BCUT2D eigenvalue weighted by Crippen LogP contribution is 2.45. The highest BCUT2D eigenvalue weighted by Gasteiger charge is 2.53. The molecule has 1 aliphatic heterocycles. The number of hydrogen-bond acceptors (Lipinski definition) is 9. The number of likely N-dealkylation sites (N-methyl/N-ethyl adjacent to an activating group) is 1. The molecule has 2 heterocycles. The third kappa shape index (κ3) is 9.29. The highest BCUT2D eigenvalue weighted by molar-refractivity contribution is 6.24. The number of halogens is 8. The van der Waals surface area contributed by atoms with Crippen LogP contribution in [0.25, 0.3) is 11.3 Å². The Morgan fingerprint density at radius 3 is 2.19 bits per heavy atom. The summed E-state index contributed by atoms with van der Waals surface area (Å²) in [5.74, 6) is -9.92. The van der Waals surface area contributed by atoms with Crippen molar-refractivity contribution in [2.24, 2.45) is 5.92 Å². The second-order valence-electron chi connectivity index (χ2n) is 13.8. The first-order chi connectivity index (χ1) is 27.1. The number of nitrogens with one attached hydrogen (secondary N) is 1. The van der Waals surface area contributed by atoms with Crippen molar-refractivity contribution in [2.75, 3.05) is 19.0 Å². The Kier molecular flexibility index (Phi) is 12.6. The lowest BCUT2D eigenvalue weighted by molar-refractivity contribution is -0.163. The van der Waals surface area contributed by atoms with Gasteiger partial charge in [0, 0.05) is 31.0 Å². The SMILES string of the molecule is CN1N(Cc2ccc(OCCCC(CC(=O)O)CC(=O)O)c(F)c2F)C(=O)C(C(=O)Nc2ccc(C(F)(F)F)cc2-c2cc(C(F)(F)F)ncn2)=C(O)C12CCCC2. The number of aromatic nitrogens is 2. The average Bonchev–Trinajstić information content (AvgIpc) is 3.64. The summed E-state index contributed by atoms with van der Waals surface area (Å²) >= 11 is 0. The van der Waals surface area contributed by atoms with Crippen molar-refractivity contribution < 1.29 is 74.4 Å². The first kappa shape index (κ1) is 43.3. The van der Waals surface area contributed by atoms with Crippen LogP contribution in [0.15, 0.2) is 54.1 Å². The van der Waals surface area contributed by atoms with Gasteiger partial charge in [0.2, 0.25) is 5.82 Å². The van der Waals surface area contributed by atoms with E-state index in [1.54, 1.807) is 0 Å². The second-order valence-corrected chi connectivity index (χ2v) is 13.8. The molecule has 5 rings (SSSR count). The van der Waals surface area contributed by atoms with Gasteiger partial charge >= 0.3 is 24.3 Å². The molecule has 1 fully saturated rings. The first-order valence-electron chi connectivity index (χ1n) is 17.6. The predicted molar refractivity (Wildman–Crippen MR) is 184 cm³/mol. The summed E-state index contributed by atoms with van der Waals surface area (Å²) in [6, 6.07) is 4.22. The number of carbonyl (C=O) groups excluding carboxylic acids is 2. The number of anilines is 1. The number of alkyl halides is 6. The van der Waals surface area contributed by atoms with Crippen LogP contribution in [-0.4, -0.2) is 78.3 Å². The number of carboxylic acids is 2. The number of carbonyl (C=O) groups is 4. The summed E-state index contributed by atoms with van der Waals surface area (Å²) in [5, 5.41) is 33.9. The van der Waals surface area contributed by atoms with E-state index in [0.717, 1.165) is 23.2 Å². The zero-order valence-corrected chi connectivity index (χ0v) is 30.4. The Labute approximate surface area is 323 Å². The molecule has 1 saturated carbocycles. The molecule has 2 aromatic carbocycles. The van der Waals surface area contributed by atoms with Crippen LogP contribution in [0.3, 0.4) is 0 Å². The fourth-order valence-corrected chi connectivity index (χ4v) is 7.06. The van der Waals surface area contributed by atoms with E-state index in [-0.39, 0.29) is 32.3 Å². The van der Waals surface area contributed by atoms with E-state index in [9.17, 15) is 50.6 Å². The van der Waals surface area contributed by atoms with Gasteiger partial charge in [0.05, 0.1) is 35.6 Å². The third-order valence-corrected chi connectivity index (χ3v) is 9.98. The summed E-state index contributed by atoms with van der Waals surface area (Å²) in [5.41, 5.74) is -7.38. The molecular weight excluding hydrogens is 794 g/mol. The van der Waals surface area contributed by atoms with E-state index in [0.29, 0.717) is 37.4 Å². The molecule has 2 aliphatic rings. The molecule has 1 aromatic heterocycles. The van der Waals surface area contributed by atoms with Crippen molar-refractivity contribution in [1.82, 2.24) is 20.0 Å². The summed E-state index contributed by atoms with van der Waals surface area (Å²) in [6.45, 7) is -0.936. The van der Waals surface area contributed by atoms with Gasteiger partial charge in [-0.25, -0.2) is 19.4 Å². The molecule has 0 bridgehead atoms. The normalized spacial score (nSPS) is 16.0. The summed E-state index contributed by atoms with van der Waals surface area (Å²) in [6.07, 6.45) is -8.84. The second kappa shape index (κ2) is 16.9. The molecule has 21 heteroatoms. The minimum Gasteiger partial charge on any atom is -0.509 e.